The molecule has 0 saturated carbocycles. The summed E-state index contributed by atoms with van der Waals surface area (Å²) >= 11 is 0. The Morgan fingerprint density at radius 2 is 1.79 bits per heavy atom. The Kier molecular flexibility index (Phi) is 6.73. The number of piperidine rings is 1. The molecule has 2 aliphatic heterocycles. The van der Waals surface area contributed by atoms with Crippen LogP contribution in [-0.4, -0.2) is 66.2 Å². The molecule has 2 fully saturated rings. The van der Waals surface area contributed by atoms with Crippen LogP contribution < -0.4 is 10.6 Å². The number of amides is 4. The van der Waals surface area contributed by atoms with Crippen molar-refractivity contribution in [2.75, 3.05) is 26.2 Å². The van der Waals surface area contributed by atoms with E-state index in [9.17, 15) is 14.4 Å². The zero-order valence-corrected chi connectivity index (χ0v) is 16.2. The Labute approximate surface area is 165 Å². The number of carbonyl (C=O) groups excluding carboxylic acids is 3. The second-order valence-electron chi connectivity index (χ2n) is 7.24. The number of ether oxygens (including phenoxy) is 1. The molecule has 0 radical (unpaired) electrons. The van der Waals surface area contributed by atoms with Crippen LogP contribution in [0.2, 0.25) is 0 Å². The molecule has 2 aliphatic rings. The van der Waals surface area contributed by atoms with Gasteiger partial charge in [-0.15, -0.1) is 0 Å². The monoisotopic (exact) mass is 388 g/mol. The fourth-order valence-electron chi connectivity index (χ4n) is 3.66. The van der Waals surface area contributed by atoms with E-state index in [0.29, 0.717) is 52.0 Å². The lowest BCUT2D eigenvalue weighted by molar-refractivity contribution is -0.128. The number of rotatable bonds is 5. The van der Waals surface area contributed by atoms with Gasteiger partial charge in [0.25, 0.3) is 0 Å². The molecular weight excluding hydrogens is 360 g/mol. The lowest BCUT2D eigenvalue weighted by Crippen LogP contribution is -2.51. The third-order valence-electron chi connectivity index (χ3n) is 5.12. The third kappa shape index (κ3) is 5.37. The van der Waals surface area contributed by atoms with Crippen LogP contribution in [0.25, 0.3) is 0 Å². The van der Waals surface area contributed by atoms with Gasteiger partial charge in [0.1, 0.15) is 0 Å². The predicted octanol–water partition coefficient (Wildman–Crippen LogP) is 1.71. The predicted molar refractivity (Wildman–Crippen MR) is 104 cm³/mol. The molecule has 0 spiro atoms. The number of benzene rings is 1. The van der Waals surface area contributed by atoms with Crippen molar-refractivity contribution in [2.45, 2.75) is 44.8 Å². The highest BCUT2D eigenvalue weighted by Crippen LogP contribution is 2.16. The summed E-state index contributed by atoms with van der Waals surface area (Å²) in [5.74, 6) is 0.0527. The van der Waals surface area contributed by atoms with Gasteiger partial charge in [-0.25, -0.2) is 9.59 Å². The van der Waals surface area contributed by atoms with E-state index in [-0.39, 0.29) is 30.1 Å². The van der Waals surface area contributed by atoms with Crippen molar-refractivity contribution in [2.24, 2.45) is 0 Å². The average molecular weight is 388 g/mol. The van der Waals surface area contributed by atoms with Crippen molar-refractivity contribution in [1.29, 1.82) is 0 Å². The molecule has 0 aromatic heterocycles. The van der Waals surface area contributed by atoms with Gasteiger partial charge in [-0.3, -0.25) is 4.79 Å². The van der Waals surface area contributed by atoms with Gasteiger partial charge in [0, 0.05) is 38.6 Å². The van der Waals surface area contributed by atoms with E-state index >= 15 is 0 Å². The molecule has 8 heteroatoms. The van der Waals surface area contributed by atoms with Gasteiger partial charge in [-0.1, -0.05) is 30.3 Å². The first-order valence-electron chi connectivity index (χ1n) is 9.85. The molecule has 3 rings (SSSR count). The Morgan fingerprint density at radius 3 is 2.46 bits per heavy atom. The number of nitrogens with one attached hydrogen (secondary N) is 2. The molecular formula is C20H28N4O4. The zero-order valence-electron chi connectivity index (χ0n) is 16.2. The fraction of sp³-hybridized carbons (Fsp3) is 0.550. The summed E-state index contributed by atoms with van der Waals surface area (Å²) in [6.07, 6.45) is 1.40. The number of likely N-dealkylation sites (tertiary alicyclic amines) is 2. The number of urea groups is 1. The fourth-order valence-corrected chi connectivity index (χ4v) is 3.66. The Hall–Kier alpha value is -2.77. The second kappa shape index (κ2) is 9.43. The number of hydrogen-bond donors (Lipinski definition) is 2. The Morgan fingerprint density at radius 1 is 1.11 bits per heavy atom. The highest BCUT2D eigenvalue weighted by Gasteiger charge is 2.31. The maximum Gasteiger partial charge on any atom is 0.409 e. The van der Waals surface area contributed by atoms with Crippen LogP contribution in [0.5, 0.6) is 0 Å². The summed E-state index contributed by atoms with van der Waals surface area (Å²) in [7, 11) is 0. The topological polar surface area (TPSA) is 91.0 Å². The largest absolute Gasteiger partial charge is 0.450 e. The van der Waals surface area contributed by atoms with Crippen LogP contribution in [0.15, 0.2) is 30.3 Å². The molecule has 28 heavy (non-hydrogen) atoms. The highest BCUT2D eigenvalue weighted by molar-refractivity contribution is 5.81. The molecule has 1 atom stereocenters. The molecule has 2 saturated heterocycles. The molecule has 8 nitrogen and oxygen atoms in total. The molecule has 2 heterocycles. The van der Waals surface area contributed by atoms with Crippen LogP contribution in [-0.2, 0) is 16.1 Å². The highest BCUT2D eigenvalue weighted by atomic mass is 16.6. The SMILES string of the molecule is CCOC(=O)N1CCC(NC(=O)NC2CC(=O)N(Cc3ccccc3)C2)CC1. The Bertz CT molecular complexity index is 689. The average Bonchev–Trinajstić information content (AvgIpc) is 3.02. The maximum absolute atomic E-state index is 12.3. The van der Waals surface area contributed by atoms with Crippen molar-refractivity contribution >= 4 is 18.0 Å². The lowest BCUT2D eigenvalue weighted by atomic mass is 10.1. The van der Waals surface area contributed by atoms with E-state index in [4.69, 9.17) is 4.74 Å². The maximum atomic E-state index is 12.3. The summed E-state index contributed by atoms with van der Waals surface area (Å²) in [4.78, 5) is 39.7. The van der Waals surface area contributed by atoms with Crippen LogP contribution in [0.4, 0.5) is 9.59 Å². The molecule has 2 N–H and O–H groups in total. The minimum atomic E-state index is -0.298. The summed E-state index contributed by atoms with van der Waals surface area (Å²) < 4.78 is 5.00. The van der Waals surface area contributed by atoms with Gasteiger partial charge in [0.05, 0.1) is 12.6 Å². The van der Waals surface area contributed by atoms with Gasteiger partial charge in [-0.2, -0.15) is 0 Å². The van der Waals surface area contributed by atoms with Gasteiger partial charge in [0.2, 0.25) is 5.91 Å². The Balaban J connectivity index is 1.40. The number of carbonyl (C=O) groups is 3. The van der Waals surface area contributed by atoms with Crippen molar-refractivity contribution in [3.8, 4) is 0 Å². The van der Waals surface area contributed by atoms with Crippen molar-refractivity contribution < 1.29 is 19.1 Å². The lowest BCUT2D eigenvalue weighted by Gasteiger charge is -2.31. The van der Waals surface area contributed by atoms with Gasteiger partial charge in [-0.05, 0) is 25.3 Å². The second-order valence-corrected chi connectivity index (χ2v) is 7.24. The van der Waals surface area contributed by atoms with Crippen LogP contribution in [0.1, 0.15) is 31.7 Å². The van der Waals surface area contributed by atoms with Gasteiger partial charge in [0.15, 0.2) is 0 Å². The molecule has 1 aromatic carbocycles. The first-order valence-corrected chi connectivity index (χ1v) is 9.85. The first-order chi connectivity index (χ1) is 13.5. The summed E-state index contributed by atoms with van der Waals surface area (Å²) in [6, 6.07) is 9.40. The summed E-state index contributed by atoms with van der Waals surface area (Å²) in [5.41, 5.74) is 1.08. The summed E-state index contributed by atoms with van der Waals surface area (Å²) in [6.45, 7) is 4.35. The normalized spacial score (nSPS) is 20.2. The van der Waals surface area contributed by atoms with E-state index in [1.807, 2.05) is 30.3 Å². The summed E-state index contributed by atoms with van der Waals surface area (Å²) in [5, 5.41) is 5.87. The van der Waals surface area contributed by atoms with Crippen LogP contribution >= 0.6 is 0 Å². The van der Waals surface area contributed by atoms with Crippen LogP contribution in [0, 0.1) is 0 Å². The first kappa shape index (κ1) is 20.0. The molecule has 0 aliphatic carbocycles. The van der Waals surface area contributed by atoms with Crippen molar-refractivity contribution in [3.05, 3.63) is 35.9 Å². The smallest absolute Gasteiger partial charge is 0.409 e. The third-order valence-corrected chi connectivity index (χ3v) is 5.12. The van der Waals surface area contributed by atoms with Gasteiger partial charge < -0.3 is 25.2 Å². The van der Waals surface area contributed by atoms with Crippen LogP contribution in [0.3, 0.4) is 0 Å². The number of hydrogen-bond acceptors (Lipinski definition) is 4. The molecule has 1 unspecified atom stereocenters. The van der Waals surface area contributed by atoms with Crippen molar-refractivity contribution in [3.63, 3.8) is 0 Å². The van der Waals surface area contributed by atoms with E-state index in [1.165, 1.54) is 0 Å². The minimum absolute atomic E-state index is 0.0169. The van der Waals surface area contributed by atoms with Gasteiger partial charge >= 0.3 is 12.1 Å². The molecule has 1 aromatic rings. The van der Waals surface area contributed by atoms with E-state index in [2.05, 4.69) is 10.6 Å². The molecule has 0 bridgehead atoms. The standard InChI is InChI=1S/C20H28N4O4/c1-2-28-20(27)23-10-8-16(9-11-23)21-19(26)22-17-12-18(25)24(14-17)13-15-6-4-3-5-7-15/h3-7,16-17H,2,8-14H2,1H3,(H2,21,22,26). The quantitative estimate of drug-likeness (QED) is 0.803. The van der Waals surface area contributed by atoms with E-state index in [1.54, 1.807) is 16.7 Å². The van der Waals surface area contributed by atoms with Crippen molar-refractivity contribution in [1.82, 2.24) is 20.4 Å². The van der Waals surface area contributed by atoms with E-state index in [0.717, 1.165) is 5.56 Å². The minimum Gasteiger partial charge on any atom is -0.450 e. The van der Waals surface area contributed by atoms with E-state index < -0.39 is 0 Å². The molecule has 4 amide bonds. The zero-order chi connectivity index (χ0) is 19.9. The number of nitrogens with zero attached hydrogens (tertiary/aromatic N) is 2. The molecule has 152 valence electrons.